The summed E-state index contributed by atoms with van der Waals surface area (Å²) in [5.41, 5.74) is 1.99. The molecular weight excluding hydrogens is 609 g/mol. The standard InChI is InChI=1S/C48H30O2/c1-7-19-37-31(13-1)25-27-43(49-45-29-33-15-3-5-17-35(33)39-21-9-11-23-41(39)45)47(37)48-38-20-8-2-14-32(38)26-28-44(48)50-46-30-34-16-4-6-18-36(34)40-22-10-12-24-42(40)46/h1-30H. The van der Waals surface area contributed by atoms with E-state index >= 15 is 0 Å². The molecule has 0 bridgehead atoms. The number of hydrogen-bond acceptors (Lipinski definition) is 2. The van der Waals surface area contributed by atoms with Gasteiger partial charge in [-0.2, -0.15) is 0 Å². The average molecular weight is 639 g/mol. The molecule has 0 aromatic heterocycles. The highest BCUT2D eigenvalue weighted by molar-refractivity contribution is 6.13. The van der Waals surface area contributed by atoms with E-state index in [1.807, 2.05) is 0 Å². The lowest BCUT2D eigenvalue weighted by Crippen LogP contribution is -1.96. The van der Waals surface area contributed by atoms with Crippen LogP contribution in [0, 0.1) is 0 Å². The molecule has 0 heterocycles. The third-order valence-electron chi connectivity index (χ3n) is 9.93. The summed E-state index contributed by atoms with van der Waals surface area (Å²) in [5.74, 6) is 3.18. The van der Waals surface area contributed by atoms with Crippen LogP contribution in [0.1, 0.15) is 0 Å². The molecule has 0 saturated carbocycles. The topological polar surface area (TPSA) is 18.5 Å². The monoisotopic (exact) mass is 638 g/mol. The number of hydrogen-bond donors (Lipinski definition) is 0. The van der Waals surface area contributed by atoms with Gasteiger partial charge in [-0.05, 0) is 78.1 Å². The van der Waals surface area contributed by atoms with E-state index in [4.69, 9.17) is 9.47 Å². The minimum atomic E-state index is 0.772. The Balaban J connectivity index is 1.25. The summed E-state index contributed by atoms with van der Waals surface area (Å²) in [6.45, 7) is 0. The Bertz CT molecular complexity index is 2740. The first-order valence-electron chi connectivity index (χ1n) is 17.0. The van der Waals surface area contributed by atoms with Crippen molar-refractivity contribution in [2.24, 2.45) is 0 Å². The van der Waals surface area contributed by atoms with Crippen LogP contribution >= 0.6 is 0 Å². The summed E-state index contributed by atoms with van der Waals surface area (Å²) in [6, 6.07) is 63.9. The fraction of sp³-hybridized carbons (Fsp3) is 0. The molecule has 234 valence electrons. The smallest absolute Gasteiger partial charge is 0.136 e. The second-order valence-corrected chi connectivity index (χ2v) is 12.8. The van der Waals surface area contributed by atoms with Crippen molar-refractivity contribution in [2.75, 3.05) is 0 Å². The molecule has 10 rings (SSSR count). The van der Waals surface area contributed by atoms with Gasteiger partial charge in [0.15, 0.2) is 0 Å². The first-order valence-corrected chi connectivity index (χ1v) is 17.0. The fourth-order valence-corrected chi connectivity index (χ4v) is 7.63. The SMILES string of the molecule is c1ccc2c(-c3c(Oc4cc5ccccc5c5ccccc45)ccc4ccccc34)c(Oc3cc4ccccc4c4ccccc34)ccc2c1. The van der Waals surface area contributed by atoms with Gasteiger partial charge in [0.2, 0.25) is 0 Å². The third-order valence-corrected chi connectivity index (χ3v) is 9.93. The van der Waals surface area contributed by atoms with Crippen molar-refractivity contribution < 1.29 is 9.47 Å². The molecule has 0 N–H and O–H groups in total. The molecule has 0 atom stereocenters. The van der Waals surface area contributed by atoms with Crippen LogP contribution in [0.15, 0.2) is 182 Å². The van der Waals surface area contributed by atoms with Crippen molar-refractivity contribution in [3.8, 4) is 34.1 Å². The van der Waals surface area contributed by atoms with E-state index in [-0.39, 0.29) is 0 Å². The lowest BCUT2D eigenvalue weighted by atomic mass is 9.92. The maximum atomic E-state index is 7.12. The number of fused-ring (bicyclic) bond motifs is 8. The van der Waals surface area contributed by atoms with Gasteiger partial charge >= 0.3 is 0 Å². The molecule has 10 aromatic rings. The molecule has 0 fully saturated rings. The molecule has 0 amide bonds. The van der Waals surface area contributed by atoms with Crippen LogP contribution < -0.4 is 9.47 Å². The lowest BCUT2D eigenvalue weighted by Gasteiger charge is -2.21. The summed E-state index contributed by atoms with van der Waals surface area (Å²) in [4.78, 5) is 0. The van der Waals surface area contributed by atoms with Crippen molar-refractivity contribution >= 4 is 64.6 Å². The van der Waals surface area contributed by atoms with Crippen molar-refractivity contribution in [1.82, 2.24) is 0 Å². The molecule has 0 aliphatic rings. The Morgan fingerprint density at radius 3 is 0.960 bits per heavy atom. The Kier molecular flexibility index (Phi) is 6.53. The van der Waals surface area contributed by atoms with E-state index in [0.717, 1.165) is 77.2 Å². The third kappa shape index (κ3) is 4.57. The van der Waals surface area contributed by atoms with Gasteiger partial charge in [0.1, 0.15) is 23.0 Å². The van der Waals surface area contributed by atoms with Gasteiger partial charge in [0.25, 0.3) is 0 Å². The van der Waals surface area contributed by atoms with E-state index in [1.165, 1.54) is 21.5 Å². The first kappa shape index (κ1) is 28.4. The Morgan fingerprint density at radius 1 is 0.220 bits per heavy atom. The van der Waals surface area contributed by atoms with Gasteiger partial charge in [-0.15, -0.1) is 0 Å². The van der Waals surface area contributed by atoms with Crippen LogP contribution in [0.4, 0.5) is 0 Å². The highest BCUT2D eigenvalue weighted by Gasteiger charge is 2.22. The lowest BCUT2D eigenvalue weighted by molar-refractivity contribution is 0.484. The molecular formula is C48H30O2. The average Bonchev–Trinajstić information content (AvgIpc) is 3.18. The number of rotatable bonds is 5. The Labute approximate surface area is 289 Å². The highest BCUT2D eigenvalue weighted by atomic mass is 16.5. The zero-order chi connectivity index (χ0) is 33.0. The van der Waals surface area contributed by atoms with Crippen molar-refractivity contribution in [3.05, 3.63) is 182 Å². The normalized spacial score (nSPS) is 11.6. The van der Waals surface area contributed by atoms with E-state index in [0.29, 0.717) is 0 Å². The molecule has 0 aliphatic heterocycles. The van der Waals surface area contributed by atoms with Crippen LogP contribution in [0.25, 0.3) is 75.8 Å². The molecule has 50 heavy (non-hydrogen) atoms. The Morgan fingerprint density at radius 2 is 0.540 bits per heavy atom. The number of benzene rings is 10. The predicted octanol–water partition coefficient (Wildman–Crippen LogP) is 13.9. The zero-order valence-electron chi connectivity index (χ0n) is 27.1. The summed E-state index contributed by atoms with van der Waals surface area (Å²) in [6.07, 6.45) is 0. The van der Waals surface area contributed by atoms with E-state index in [1.54, 1.807) is 0 Å². The fourth-order valence-electron chi connectivity index (χ4n) is 7.63. The van der Waals surface area contributed by atoms with E-state index in [2.05, 4.69) is 182 Å². The molecule has 0 spiro atoms. The van der Waals surface area contributed by atoms with Gasteiger partial charge in [-0.25, -0.2) is 0 Å². The molecule has 0 saturated heterocycles. The zero-order valence-corrected chi connectivity index (χ0v) is 27.1. The maximum absolute atomic E-state index is 7.12. The van der Waals surface area contributed by atoms with Crippen LogP contribution in [-0.2, 0) is 0 Å². The van der Waals surface area contributed by atoms with Crippen LogP contribution in [0.5, 0.6) is 23.0 Å². The minimum Gasteiger partial charge on any atom is -0.456 e. The Hall–Kier alpha value is -6.64. The molecule has 2 nitrogen and oxygen atoms in total. The van der Waals surface area contributed by atoms with Crippen LogP contribution in [0.3, 0.4) is 0 Å². The van der Waals surface area contributed by atoms with Crippen LogP contribution in [-0.4, -0.2) is 0 Å². The van der Waals surface area contributed by atoms with Gasteiger partial charge < -0.3 is 9.47 Å². The van der Waals surface area contributed by atoms with Crippen molar-refractivity contribution in [3.63, 3.8) is 0 Å². The quantitative estimate of drug-likeness (QED) is 0.175. The molecule has 0 unspecified atom stereocenters. The maximum Gasteiger partial charge on any atom is 0.136 e. The van der Waals surface area contributed by atoms with Crippen molar-refractivity contribution in [1.29, 1.82) is 0 Å². The van der Waals surface area contributed by atoms with Gasteiger partial charge in [0, 0.05) is 21.9 Å². The van der Waals surface area contributed by atoms with Gasteiger partial charge in [-0.3, -0.25) is 0 Å². The molecule has 10 aromatic carbocycles. The van der Waals surface area contributed by atoms with E-state index < -0.39 is 0 Å². The second-order valence-electron chi connectivity index (χ2n) is 12.8. The number of ether oxygens (including phenoxy) is 2. The summed E-state index contributed by atoms with van der Waals surface area (Å²) < 4.78 is 14.2. The summed E-state index contributed by atoms with van der Waals surface area (Å²) in [5, 5.41) is 13.6. The highest BCUT2D eigenvalue weighted by Crippen LogP contribution is 2.49. The summed E-state index contributed by atoms with van der Waals surface area (Å²) in [7, 11) is 0. The second kappa shape index (κ2) is 11.5. The largest absolute Gasteiger partial charge is 0.456 e. The van der Waals surface area contributed by atoms with E-state index in [9.17, 15) is 0 Å². The predicted molar refractivity (Wildman–Crippen MR) is 210 cm³/mol. The summed E-state index contributed by atoms with van der Waals surface area (Å²) >= 11 is 0. The minimum absolute atomic E-state index is 0.772. The van der Waals surface area contributed by atoms with Gasteiger partial charge in [0.05, 0.1) is 0 Å². The first-order chi connectivity index (χ1) is 24.8. The van der Waals surface area contributed by atoms with Crippen LogP contribution in [0.2, 0.25) is 0 Å². The molecule has 2 heteroatoms. The van der Waals surface area contributed by atoms with Gasteiger partial charge in [-0.1, -0.05) is 158 Å². The molecule has 0 radical (unpaired) electrons. The molecule has 0 aliphatic carbocycles. The van der Waals surface area contributed by atoms with Crippen molar-refractivity contribution in [2.45, 2.75) is 0 Å².